The molecule has 1 saturated carbocycles. The van der Waals surface area contributed by atoms with Crippen LogP contribution < -0.4 is 10.6 Å². The maximum absolute atomic E-state index is 12.1. The second-order valence-electron chi connectivity index (χ2n) is 5.04. The van der Waals surface area contributed by atoms with Gasteiger partial charge in [0.15, 0.2) is 0 Å². The maximum atomic E-state index is 12.1. The minimum absolute atomic E-state index is 0.0240. The standard InChI is InChI=1S/C12H21N3O3/c16-11(17)5-8-15(10-1-2-10)12(18)14-9-3-6-13-7-4-9/h9-10,13H,1-8H2,(H,14,18)(H,16,17). The van der Waals surface area contributed by atoms with Gasteiger partial charge in [-0.3, -0.25) is 4.79 Å². The Morgan fingerprint density at radius 2 is 1.89 bits per heavy atom. The van der Waals surface area contributed by atoms with Gasteiger partial charge in [-0.1, -0.05) is 0 Å². The zero-order valence-corrected chi connectivity index (χ0v) is 10.5. The number of carboxylic acids is 1. The Balaban J connectivity index is 1.81. The molecule has 3 N–H and O–H groups in total. The fourth-order valence-electron chi connectivity index (χ4n) is 2.28. The van der Waals surface area contributed by atoms with Crippen LogP contribution in [0.5, 0.6) is 0 Å². The first-order valence-corrected chi connectivity index (χ1v) is 6.66. The van der Waals surface area contributed by atoms with Crippen LogP contribution in [0.3, 0.4) is 0 Å². The number of nitrogens with one attached hydrogen (secondary N) is 2. The number of rotatable bonds is 5. The summed E-state index contributed by atoms with van der Waals surface area (Å²) < 4.78 is 0. The first-order valence-electron chi connectivity index (χ1n) is 6.66. The van der Waals surface area contributed by atoms with E-state index in [0.29, 0.717) is 6.54 Å². The molecular weight excluding hydrogens is 234 g/mol. The molecule has 0 spiro atoms. The van der Waals surface area contributed by atoms with Crippen LogP contribution >= 0.6 is 0 Å². The number of urea groups is 1. The first-order chi connectivity index (χ1) is 8.66. The molecule has 102 valence electrons. The number of hydrogen-bond donors (Lipinski definition) is 3. The molecule has 6 heteroatoms. The van der Waals surface area contributed by atoms with Crippen LogP contribution in [0.15, 0.2) is 0 Å². The monoisotopic (exact) mass is 255 g/mol. The van der Waals surface area contributed by atoms with E-state index in [0.717, 1.165) is 38.8 Å². The van der Waals surface area contributed by atoms with Gasteiger partial charge in [0.1, 0.15) is 0 Å². The van der Waals surface area contributed by atoms with Gasteiger partial charge in [-0.2, -0.15) is 0 Å². The van der Waals surface area contributed by atoms with Crippen molar-refractivity contribution in [3.05, 3.63) is 0 Å². The maximum Gasteiger partial charge on any atom is 0.317 e. The highest BCUT2D eigenvalue weighted by molar-refractivity contribution is 5.76. The summed E-state index contributed by atoms with van der Waals surface area (Å²) in [4.78, 5) is 24.4. The molecule has 2 aliphatic rings. The zero-order chi connectivity index (χ0) is 13.0. The van der Waals surface area contributed by atoms with Crippen molar-refractivity contribution < 1.29 is 14.7 Å². The molecule has 2 amide bonds. The molecule has 1 aliphatic carbocycles. The summed E-state index contributed by atoms with van der Waals surface area (Å²) in [7, 11) is 0. The molecule has 1 aliphatic heterocycles. The van der Waals surface area contributed by atoms with Crippen molar-refractivity contribution in [1.29, 1.82) is 0 Å². The summed E-state index contributed by atoms with van der Waals surface area (Å²) in [5.41, 5.74) is 0. The third-order valence-corrected chi connectivity index (χ3v) is 3.48. The van der Waals surface area contributed by atoms with E-state index in [2.05, 4.69) is 10.6 Å². The number of hydrogen-bond acceptors (Lipinski definition) is 3. The highest BCUT2D eigenvalue weighted by Crippen LogP contribution is 2.27. The van der Waals surface area contributed by atoms with Gasteiger partial charge in [0, 0.05) is 18.6 Å². The van der Waals surface area contributed by atoms with Gasteiger partial charge in [-0.15, -0.1) is 0 Å². The first kappa shape index (κ1) is 13.1. The molecule has 0 aromatic carbocycles. The molecule has 0 aromatic heterocycles. The van der Waals surface area contributed by atoms with Crippen molar-refractivity contribution in [2.75, 3.05) is 19.6 Å². The average molecular weight is 255 g/mol. The van der Waals surface area contributed by atoms with Crippen LogP contribution in [0.1, 0.15) is 32.1 Å². The summed E-state index contributed by atoms with van der Waals surface area (Å²) in [6.45, 7) is 2.18. The Hall–Kier alpha value is -1.30. The predicted molar refractivity (Wildman–Crippen MR) is 66.4 cm³/mol. The van der Waals surface area contributed by atoms with Gasteiger partial charge < -0.3 is 20.6 Å². The second kappa shape index (κ2) is 6.04. The molecule has 6 nitrogen and oxygen atoms in total. The third kappa shape index (κ3) is 3.87. The van der Waals surface area contributed by atoms with E-state index in [1.165, 1.54) is 0 Å². The highest BCUT2D eigenvalue weighted by Gasteiger charge is 2.33. The van der Waals surface area contributed by atoms with E-state index in [1.807, 2.05) is 0 Å². The topological polar surface area (TPSA) is 81.7 Å². The molecule has 2 rings (SSSR count). The van der Waals surface area contributed by atoms with E-state index in [4.69, 9.17) is 5.11 Å². The summed E-state index contributed by atoms with van der Waals surface area (Å²) in [6.07, 6.45) is 3.92. The van der Waals surface area contributed by atoms with E-state index in [9.17, 15) is 9.59 Å². The largest absolute Gasteiger partial charge is 0.481 e. The normalized spacial score (nSPS) is 20.4. The SMILES string of the molecule is O=C(O)CCN(C(=O)NC1CCNCC1)C1CC1. The molecule has 0 radical (unpaired) electrons. The average Bonchev–Trinajstić information content (AvgIpc) is 3.14. The number of carbonyl (C=O) groups is 2. The van der Waals surface area contributed by atoms with Crippen molar-refractivity contribution in [2.24, 2.45) is 0 Å². The van der Waals surface area contributed by atoms with Crippen molar-refractivity contribution in [3.8, 4) is 0 Å². The number of piperidine rings is 1. The Labute approximate surface area is 107 Å². The van der Waals surface area contributed by atoms with E-state index in [-0.39, 0.29) is 24.5 Å². The van der Waals surface area contributed by atoms with Crippen molar-refractivity contribution in [1.82, 2.24) is 15.5 Å². The third-order valence-electron chi connectivity index (χ3n) is 3.48. The van der Waals surface area contributed by atoms with Crippen LogP contribution in [0, 0.1) is 0 Å². The van der Waals surface area contributed by atoms with Gasteiger partial charge in [0.25, 0.3) is 0 Å². The van der Waals surface area contributed by atoms with Crippen LogP contribution in [0.25, 0.3) is 0 Å². The van der Waals surface area contributed by atoms with Gasteiger partial charge in [0.05, 0.1) is 6.42 Å². The van der Waals surface area contributed by atoms with E-state index in [1.54, 1.807) is 4.90 Å². The molecule has 1 saturated heterocycles. The summed E-state index contributed by atoms with van der Waals surface area (Å²) >= 11 is 0. The van der Waals surface area contributed by atoms with E-state index >= 15 is 0 Å². The molecular formula is C12H21N3O3. The van der Waals surface area contributed by atoms with Crippen LogP contribution in [0.2, 0.25) is 0 Å². The number of carbonyl (C=O) groups excluding carboxylic acids is 1. The molecule has 1 heterocycles. The lowest BCUT2D eigenvalue weighted by molar-refractivity contribution is -0.137. The Kier molecular flexibility index (Phi) is 4.41. The molecule has 2 fully saturated rings. The number of aliphatic carboxylic acids is 1. The van der Waals surface area contributed by atoms with Crippen LogP contribution in [0.4, 0.5) is 4.79 Å². The quantitative estimate of drug-likeness (QED) is 0.663. The van der Waals surface area contributed by atoms with Crippen molar-refractivity contribution in [3.63, 3.8) is 0 Å². The molecule has 18 heavy (non-hydrogen) atoms. The van der Waals surface area contributed by atoms with Crippen molar-refractivity contribution in [2.45, 2.75) is 44.2 Å². The smallest absolute Gasteiger partial charge is 0.317 e. The van der Waals surface area contributed by atoms with Crippen LogP contribution in [-0.4, -0.2) is 53.7 Å². The highest BCUT2D eigenvalue weighted by atomic mass is 16.4. The number of amides is 2. The lowest BCUT2D eigenvalue weighted by Gasteiger charge is -2.28. The van der Waals surface area contributed by atoms with Gasteiger partial charge in [0.2, 0.25) is 0 Å². The lowest BCUT2D eigenvalue weighted by Crippen LogP contribution is -2.49. The van der Waals surface area contributed by atoms with Crippen LogP contribution in [-0.2, 0) is 4.79 Å². The van der Waals surface area contributed by atoms with E-state index < -0.39 is 5.97 Å². The molecule has 0 unspecified atom stereocenters. The van der Waals surface area contributed by atoms with Gasteiger partial charge in [-0.25, -0.2) is 4.79 Å². The number of carboxylic acid groups (broad SMARTS) is 1. The minimum atomic E-state index is -0.852. The summed E-state index contributed by atoms with van der Waals surface area (Å²) in [6, 6.07) is 0.390. The minimum Gasteiger partial charge on any atom is -0.481 e. The predicted octanol–water partition coefficient (Wildman–Crippen LogP) is 0.387. The zero-order valence-electron chi connectivity index (χ0n) is 10.5. The fourth-order valence-corrected chi connectivity index (χ4v) is 2.28. The lowest BCUT2D eigenvalue weighted by atomic mass is 10.1. The molecule has 0 bridgehead atoms. The Bertz CT molecular complexity index is 312. The summed E-state index contributed by atoms with van der Waals surface area (Å²) in [5, 5.41) is 15.0. The second-order valence-corrected chi connectivity index (χ2v) is 5.04. The molecule has 0 atom stereocenters. The number of nitrogens with zero attached hydrogens (tertiary/aromatic N) is 1. The van der Waals surface area contributed by atoms with Gasteiger partial charge in [-0.05, 0) is 38.8 Å². The summed E-state index contributed by atoms with van der Waals surface area (Å²) in [5.74, 6) is -0.852. The molecule has 0 aromatic rings. The van der Waals surface area contributed by atoms with Gasteiger partial charge >= 0.3 is 12.0 Å². The van der Waals surface area contributed by atoms with Crippen molar-refractivity contribution >= 4 is 12.0 Å². The Morgan fingerprint density at radius 1 is 1.22 bits per heavy atom. The fraction of sp³-hybridized carbons (Fsp3) is 0.833. The Morgan fingerprint density at radius 3 is 2.44 bits per heavy atom.